The van der Waals surface area contributed by atoms with E-state index in [9.17, 15) is 40.2 Å². The molecule has 1 heterocycles. The summed E-state index contributed by atoms with van der Waals surface area (Å²) in [6.45, 7) is 0.503. The van der Waals surface area contributed by atoms with Gasteiger partial charge in [-0.25, -0.2) is 0 Å². The van der Waals surface area contributed by atoms with Crippen molar-refractivity contribution in [2.24, 2.45) is 0 Å². The Bertz CT molecular complexity index is 1140. The minimum Gasteiger partial charge on any atom is -0.507 e. The number of methoxy groups -OCH3 is 1. The van der Waals surface area contributed by atoms with E-state index >= 15 is 0 Å². The minimum absolute atomic E-state index is 0.00801. The number of aliphatic hydroxyl groups is 5. The fourth-order valence-electron chi connectivity index (χ4n) is 3.97. The summed E-state index contributed by atoms with van der Waals surface area (Å²) in [5.41, 5.74) is -0.0526. The third-order valence-electron chi connectivity index (χ3n) is 5.72. The van der Waals surface area contributed by atoms with Gasteiger partial charge in [0.15, 0.2) is 5.78 Å². The molecule has 2 aromatic rings. The predicted octanol–water partition coefficient (Wildman–Crippen LogP) is -1.02. The van der Waals surface area contributed by atoms with Crippen molar-refractivity contribution in [1.82, 2.24) is 0 Å². The van der Waals surface area contributed by atoms with Crippen LogP contribution in [0.4, 0.5) is 0 Å². The second-order valence-corrected chi connectivity index (χ2v) is 7.95. The molecule has 0 spiro atoms. The van der Waals surface area contributed by atoms with Gasteiger partial charge in [0.25, 0.3) is 0 Å². The van der Waals surface area contributed by atoms with E-state index in [-0.39, 0.29) is 33.8 Å². The molecule has 11 nitrogen and oxygen atoms in total. The second kappa shape index (κ2) is 8.06. The van der Waals surface area contributed by atoms with Crippen LogP contribution in [0.1, 0.15) is 37.4 Å². The highest BCUT2D eigenvalue weighted by molar-refractivity contribution is 6.30. The smallest absolute Gasteiger partial charge is 0.231 e. The molecule has 0 unspecified atom stereocenters. The van der Waals surface area contributed by atoms with Gasteiger partial charge in [-0.05, 0) is 30.7 Å². The van der Waals surface area contributed by atoms with Crippen LogP contribution in [0.25, 0.3) is 0 Å². The van der Waals surface area contributed by atoms with Gasteiger partial charge < -0.3 is 44.8 Å². The molecule has 4 rings (SSSR count). The van der Waals surface area contributed by atoms with Crippen molar-refractivity contribution in [3.05, 3.63) is 52.1 Å². The Kier molecular flexibility index (Phi) is 5.65. The lowest BCUT2D eigenvalue weighted by molar-refractivity contribution is -0.384. The number of phenolic OH excluding ortho intramolecular Hbond substituents is 1. The van der Waals surface area contributed by atoms with E-state index in [4.69, 9.17) is 14.2 Å². The first-order valence-corrected chi connectivity index (χ1v) is 9.89. The van der Waals surface area contributed by atoms with E-state index in [1.165, 1.54) is 31.4 Å². The number of carbonyl (C=O) groups excluding carboxylic acids is 2. The average molecular weight is 462 g/mol. The summed E-state index contributed by atoms with van der Waals surface area (Å²) in [6, 6.07) is 5.31. The standard InChI is InChI=1S/C22H22O11/c1-8-3-10-14(12(24)4-8)17(26)15-11(16(10)25)5-9(31-2)6-13(15)32-21-19(28)18(27)20(29)22(30,7-23)33-21/h3-6,18-21,23-24,27-30H,7H2,1-2H3/t18-,19-,20+,21+,22-/m1/s1. The highest BCUT2D eigenvalue weighted by atomic mass is 16.8. The molecule has 1 saturated heterocycles. The van der Waals surface area contributed by atoms with Gasteiger partial charge >= 0.3 is 0 Å². The summed E-state index contributed by atoms with van der Waals surface area (Å²) in [5, 5.41) is 60.3. The van der Waals surface area contributed by atoms with E-state index in [1.807, 2.05) is 0 Å². The third-order valence-corrected chi connectivity index (χ3v) is 5.72. The molecule has 11 heteroatoms. The van der Waals surface area contributed by atoms with Crippen molar-refractivity contribution in [2.75, 3.05) is 13.7 Å². The van der Waals surface area contributed by atoms with E-state index in [1.54, 1.807) is 6.92 Å². The van der Waals surface area contributed by atoms with Gasteiger partial charge in [0.1, 0.15) is 35.6 Å². The summed E-state index contributed by atoms with van der Waals surface area (Å²) in [7, 11) is 1.31. The normalized spacial score (nSPS) is 28.8. The van der Waals surface area contributed by atoms with Crippen LogP contribution < -0.4 is 9.47 Å². The van der Waals surface area contributed by atoms with Crippen LogP contribution in [-0.4, -0.2) is 86.3 Å². The van der Waals surface area contributed by atoms with Crippen molar-refractivity contribution in [1.29, 1.82) is 0 Å². The Morgan fingerprint density at radius 3 is 2.30 bits per heavy atom. The molecule has 33 heavy (non-hydrogen) atoms. The molecule has 0 aromatic heterocycles. The molecule has 1 aliphatic carbocycles. The summed E-state index contributed by atoms with van der Waals surface area (Å²) >= 11 is 0. The molecular weight excluding hydrogens is 440 g/mol. The second-order valence-electron chi connectivity index (χ2n) is 7.95. The first-order valence-electron chi connectivity index (χ1n) is 9.89. The Morgan fingerprint density at radius 1 is 1.00 bits per heavy atom. The zero-order valence-electron chi connectivity index (χ0n) is 17.6. The Morgan fingerprint density at radius 2 is 1.67 bits per heavy atom. The van der Waals surface area contributed by atoms with Crippen molar-refractivity contribution >= 4 is 11.6 Å². The molecule has 5 atom stereocenters. The average Bonchev–Trinajstić information content (AvgIpc) is 2.78. The summed E-state index contributed by atoms with van der Waals surface area (Å²) in [5.74, 6) is -4.63. The number of ketones is 2. The minimum atomic E-state index is -2.68. The zero-order chi connectivity index (χ0) is 24.2. The molecule has 0 saturated carbocycles. The fraction of sp³-hybridized carbons (Fsp3) is 0.364. The van der Waals surface area contributed by atoms with Gasteiger partial charge in [-0.2, -0.15) is 0 Å². The molecule has 2 aromatic carbocycles. The van der Waals surface area contributed by atoms with Crippen molar-refractivity contribution in [3.63, 3.8) is 0 Å². The largest absolute Gasteiger partial charge is 0.507 e. The van der Waals surface area contributed by atoms with E-state index in [0.717, 1.165) is 0 Å². The molecule has 0 bridgehead atoms. The van der Waals surface area contributed by atoms with Crippen LogP contribution in [-0.2, 0) is 4.74 Å². The lowest BCUT2D eigenvalue weighted by atomic mass is 9.82. The van der Waals surface area contributed by atoms with Gasteiger partial charge in [-0.3, -0.25) is 9.59 Å². The molecule has 1 aliphatic heterocycles. The third kappa shape index (κ3) is 3.55. The maximum atomic E-state index is 13.3. The highest BCUT2D eigenvalue weighted by Crippen LogP contribution is 2.41. The van der Waals surface area contributed by atoms with Crippen LogP contribution in [0.5, 0.6) is 17.2 Å². The molecular formula is C22H22O11. The number of rotatable bonds is 4. The van der Waals surface area contributed by atoms with E-state index < -0.39 is 54.3 Å². The number of benzene rings is 2. The molecule has 176 valence electrons. The number of fused-ring (bicyclic) bond motifs is 2. The summed E-state index contributed by atoms with van der Waals surface area (Å²) < 4.78 is 15.8. The van der Waals surface area contributed by atoms with E-state index in [2.05, 4.69) is 0 Å². The maximum absolute atomic E-state index is 13.3. The number of phenols is 1. The maximum Gasteiger partial charge on any atom is 0.231 e. The Balaban J connectivity index is 1.83. The number of ether oxygens (including phenoxy) is 3. The van der Waals surface area contributed by atoms with Crippen LogP contribution in [0.15, 0.2) is 24.3 Å². The van der Waals surface area contributed by atoms with Crippen LogP contribution in [0.3, 0.4) is 0 Å². The van der Waals surface area contributed by atoms with Crippen molar-refractivity contribution in [2.45, 2.75) is 37.3 Å². The zero-order valence-corrected chi connectivity index (χ0v) is 17.6. The lowest BCUT2D eigenvalue weighted by Gasteiger charge is -2.44. The van der Waals surface area contributed by atoms with Crippen LogP contribution in [0.2, 0.25) is 0 Å². The number of aliphatic hydroxyl groups excluding tert-OH is 4. The first-order chi connectivity index (χ1) is 15.5. The number of hydrogen-bond acceptors (Lipinski definition) is 11. The van der Waals surface area contributed by atoms with Crippen molar-refractivity contribution < 1.29 is 54.4 Å². The number of hydrogen-bond donors (Lipinski definition) is 6. The highest BCUT2D eigenvalue weighted by Gasteiger charge is 2.54. The first kappa shape index (κ1) is 23.1. The molecule has 1 fully saturated rings. The Labute approximate surface area is 187 Å². The number of aromatic hydroxyl groups is 1. The monoisotopic (exact) mass is 462 g/mol. The summed E-state index contributed by atoms with van der Waals surface area (Å²) in [4.78, 5) is 26.5. The predicted molar refractivity (Wildman–Crippen MR) is 108 cm³/mol. The molecule has 2 aliphatic rings. The van der Waals surface area contributed by atoms with E-state index in [0.29, 0.717) is 5.56 Å². The number of aryl methyl sites for hydroxylation is 1. The Hall–Kier alpha value is -3.06. The molecule has 0 amide bonds. The van der Waals surface area contributed by atoms with Crippen LogP contribution >= 0.6 is 0 Å². The topological polar surface area (TPSA) is 183 Å². The fourth-order valence-corrected chi connectivity index (χ4v) is 3.97. The number of carbonyl (C=O) groups is 2. The SMILES string of the molecule is COc1cc(O[C@H]2O[C@](O)(CO)[C@@H](O)[C@H](O)[C@H]2O)c2c(c1)C(=O)c1cc(C)cc(O)c1C2=O. The lowest BCUT2D eigenvalue weighted by Crippen LogP contribution is -2.67. The van der Waals surface area contributed by atoms with Gasteiger partial charge in [0.2, 0.25) is 17.9 Å². The van der Waals surface area contributed by atoms with Gasteiger partial charge in [0, 0.05) is 17.2 Å². The van der Waals surface area contributed by atoms with Crippen molar-refractivity contribution in [3.8, 4) is 17.2 Å². The quantitative estimate of drug-likeness (QED) is 0.279. The molecule has 6 N–H and O–H groups in total. The van der Waals surface area contributed by atoms with Crippen LogP contribution in [0, 0.1) is 6.92 Å². The molecule has 0 radical (unpaired) electrons. The van der Waals surface area contributed by atoms with Gasteiger partial charge in [-0.1, -0.05) is 0 Å². The van der Waals surface area contributed by atoms with Gasteiger partial charge in [0.05, 0.1) is 24.8 Å². The van der Waals surface area contributed by atoms with Gasteiger partial charge in [-0.15, -0.1) is 0 Å². The summed E-state index contributed by atoms with van der Waals surface area (Å²) in [6.07, 6.45) is -7.82.